The fourth-order valence-corrected chi connectivity index (χ4v) is 1.17. The largest absolute Gasteiger partial charge is 0.497 e. The first-order chi connectivity index (χ1) is 7.81. The van der Waals surface area contributed by atoms with Gasteiger partial charge in [-0.1, -0.05) is 18.8 Å². The van der Waals surface area contributed by atoms with Crippen LogP contribution in [0.4, 0.5) is 5.69 Å². The predicted molar refractivity (Wildman–Crippen MR) is 62.6 cm³/mol. The lowest BCUT2D eigenvalue weighted by Gasteiger charge is -2.01. The fourth-order valence-electron chi connectivity index (χ4n) is 1.17. The molecule has 1 aromatic rings. The second kappa shape index (κ2) is 6.44. The van der Waals surface area contributed by atoms with E-state index < -0.39 is 0 Å². The molecule has 0 aromatic heterocycles. The average molecular weight is 215 g/mol. The van der Waals surface area contributed by atoms with E-state index >= 15 is 0 Å². The second-order valence-corrected chi connectivity index (χ2v) is 3.14. The monoisotopic (exact) mass is 215 g/mol. The predicted octanol–water partition coefficient (Wildman–Crippen LogP) is 2.81. The summed E-state index contributed by atoms with van der Waals surface area (Å²) in [4.78, 5) is 13.8. The Balaban J connectivity index is 3.11. The number of hydrogen-bond acceptors (Lipinski definition) is 3. The summed E-state index contributed by atoms with van der Waals surface area (Å²) in [5, 5.41) is 0. The molecule has 0 amide bonds. The number of isocyanates is 1. The minimum absolute atomic E-state index is 0.527. The Morgan fingerprint density at radius 1 is 1.44 bits per heavy atom. The van der Waals surface area contributed by atoms with E-state index in [-0.39, 0.29) is 0 Å². The minimum atomic E-state index is 0.527. The van der Waals surface area contributed by atoms with Crippen LogP contribution in [0, 0.1) is 11.8 Å². The molecule has 0 bridgehead atoms. The lowest BCUT2D eigenvalue weighted by Crippen LogP contribution is -1.84. The van der Waals surface area contributed by atoms with E-state index in [4.69, 9.17) is 4.74 Å². The number of benzene rings is 1. The third kappa shape index (κ3) is 3.27. The lowest BCUT2D eigenvalue weighted by atomic mass is 10.1. The molecular formula is C13H13NO2. The molecule has 0 aliphatic carbocycles. The van der Waals surface area contributed by atoms with Crippen molar-refractivity contribution in [1.82, 2.24) is 0 Å². The normalized spacial score (nSPS) is 8.62. The zero-order valence-electron chi connectivity index (χ0n) is 9.41. The van der Waals surface area contributed by atoms with Crippen LogP contribution in [0.2, 0.25) is 0 Å². The summed E-state index contributed by atoms with van der Waals surface area (Å²) in [6.45, 7) is 2.06. The van der Waals surface area contributed by atoms with Gasteiger partial charge < -0.3 is 4.74 Å². The summed E-state index contributed by atoms with van der Waals surface area (Å²) in [5.74, 6) is 6.68. The summed E-state index contributed by atoms with van der Waals surface area (Å²) in [5.41, 5.74) is 1.22. The third-order valence-electron chi connectivity index (χ3n) is 1.97. The van der Waals surface area contributed by atoms with Gasteiger partial charge in [0, 0.05) is 6.42 Å². The summed E-state index contributed by atoms with van der Waals surface area (Å²) < 4.78 is 5.09. The van der Waals surface area contributed by atoms with Gasteiger partial charge in [-0.2, -0.15) is 4.99 Å². The molecule has 0 radical (unpaired) electrons. The summed E-state index contributed by atoms with van der Waals surface area (Å²) in [7, 11) is 1.58. The van der Waals surface area contributed by atoms with Crippen molar-refractivity contribution in [3.05, 3.63) is 23.8 Å². The molecule has 0 saturated carbocycles. The van der Waals surface area contributed by atoms with Crippen molar-refractivity contribution in [1.29, 1.82) is 0 Å². The van der Waals surface area contributed by atoms with Crippen molar-refractivity contribution in [2.45, 2.75) is 19.8 Å². The molecule has 0 N–H and O–H groups in total. The molecule has 0 spiro atoms. The molecule has 0 atom stereocenters. The van der Waals surface area contributed by atoms with E-state index in [0.717, 1.165) is 12.8 Å². The van der Waals surface area contributed by atoms with Gasteiger partial charge in [-0.05, 0) is 24.6 Å². The van der Waals surface area contributed by atoms with E-state index in [1.165, 1.54) is 6.08 Å². The summed E-state index contributed by atoms with van der Waals surface area (Å²) >= 11 is 0. The number of ether oxygens (including phenoxy) is 1. The lowest BCUT2D eigenvalue weighted by molar-refractivity contribution is 0.414. The Kier molecular flexibility index (Phi) is 4.85. The highest BCUT2D eigenvalue weighted by molar-refractivity contribution is 5.61. The van der Waals surface area contributed by atoms with Gasteiger partial charge in [0.05, 0.1) is 18.4 Å². The van der Waals surface area contributed by atoms with Crippen molar-refractivity contribution >= 4 is 11.8 Å². The van der Waals surface area contributed by atoms with Gasteiger partial charge in [0.15, 0.2) is 0 Å². The van der Waals surface area contributed by atoms with Crippen LogP contribution in [0.15, 0.2) is 23.2 Å². The number of nitrogens with zero attached hydrogens (tertiary/aromatic N) is 1. The van der Waals surface area contributed by atoms with Gasteiger partial charge in [0.25, 0.3) is 0 Å². The van der Waals surface area contributed by atoms with Crippen LogP contribution in [0.1, 0.15) is 25.3 Å². The molecule has 0 saturated heterocycles. The van der Waals surface area contributed by atoms with Crippen LogP contribution >= 0.6 is 0 Å². The van der Waals surface area contributed by atoms with Crippen molar-refractivity contribution in [3.8, 4) is 17.6 Å². The Morgan fingerprint density at radius 3 is 2.88 bits per heavy atom. The molecule has 82 valence electrons. The number of methoxy groups -OCH3 is 1. The van der Waals surface area contributed by atoms with Crippen LogP contribution < -0.4 is 4.74 Å². The van der Waals surface area contributed by atoms with Gasteiger partial charge in [-0.25, -0.2) is 4.79 Å². The van der Waals surface area contributed by atoms with Gasteiger partial charge >= 0.3 is 0 Å². The maximum atomic E-state index is 10.2. The quantitative estimate of drug-likeness (QED) is 0.442. The van der Waals surface area contributed by atoms with Crippen molar-refractivity contribution in [3.63, 3.8) is 0 Å². The first kappa shape index (κ1) is 12.0. The molecule has 0 fully saturated rings. The maximum Gasteiger partial charge on any atom is 0.240 e. The fraction of sp³-hybridized carbons (Fsp3) is 0.308. The highest BCUT2D eigenvalue weighted by atomic mass is 16.5. The Morgan fingerprint density at radius 2 is 2.25 bits per heavy atom. The molecule has 16 heavy (non-hydrogen) atoms. The molecule has 3 heteroatoms. The van der Waals surface area contributed by atoms with E-state index in [1.54, 1.807) is 25.3 Å². The topological polar surface area (TPSA) is 38.7 Å². The Labute approximate surface area is 95.2 Å². The van der Waals surface area contributed by atoms with Gasteiger partial charge in [0.2, 0.25) is 6.08 Å². The number of unbranched alkanes of at least 4 members (excludes halogenated alkanes) is 1. The highest BCUT2D eigenvalue weighted by Gasteiger charge is 2.00. The zero-order chi connectivity index (χ0) is 11.8. The number of aliphatic imine (C=N–C) groups is 1. The van der Waals surface area contributed by atoms with Crippen molar-refractivity contribution in [2.24, 2.45) is 4.99 Å². The molecular weight excluding hydrogens is 202 g/mol. The average Bonchev–Trinajstić information content (AvgIpc) is 2.31. The van der Waals surface area contributed by atoms with Crippen LogP contribution in [0.25, 0.3) is 0 Å². The number of hydrogen-bond donors (Lipinski definition) is 0. The van der Waals surface area contributed by atoms with E-state index in [1.807, 2.05) is 0 Å². The van der Waals surface area contributed by atoms with E-state index in [0.29, 0.717) is 17.0 Å². The van der Waals surface area contributed by atoms with Crippen molar-refractivity contribution < 1.29 is 9.53 Å². The molecule has 1 rings (SSSR count). The standard InChI is InChI=1S/C13H13NO2/c1-3-4-5-6-11-9-12(16-2)7-8-13(11)14-10-15/h7-9H,3-4H2,1-2H3. The molecule has 0 aliphatic heterocycles. The van der Waals surface area contributed by atoms with Crippen LogP contribution in [-0.4, -0.2) is 13.2 Å². The van der Waals surface area contributed by atoms with Crippen LogP contribution in [0.3, 0.4) is 0 Å². The Bertz CT molecular complexity index is 463. The van der Waals surface area contributed by atoms with E-state index in [9.17, 15) is 4.79 Å². The first-order valence-electron chi connectivity index (χ1n) is 5.06. The van der Waals surface area contributed by atoms with Crippen molar-refractivity contribution in [2.75, 3.05) is 7.11 Å². The molecule has 3 nitrogen and oxygen atoms in total. The first-order valence-corrected chi connectivity index (χ1v) is 5.06. The maximum absolute atomic E-state index is 10.2. The van der Waals surface area contributed by atoms with Gasteiger partial charge in [-0.3, -0.25) is 0 Å². The minimum Gasteiger partial charge on any atom is -0.497 e. The molecule has 1 aromatic carbocycles. The SMILES string of the molecule is CCCC#Cc1cc(OC)ccc1N=C=O. The van der Waals surface area contributed by atoms with Gasteiger partial charge in [-0.15, -0.1) is 0 Å². The van der Waals surface area contributed by atoms with Gasteiger partial charge in [0.1, 0.15) is 5.75 Å². The van der Waals surface area contributed by atoms with Crippen LogP contribution in [-0.2, 0) is 4.79 Å². The van der Waals surface area contributed by atoms with E-state index in [2.05, 4.69) is 23.8 Å². The highest BCUT2D eigenvalue weighted by Crippen LogP contribution is 2.23. The molecule has 0 heterocycles. The Hall–Kier alpha value is -2.04. The number of carbonyl (C=O) groups excluding carboxylic acids is 1. The number of rotatable bonds is 3. The third-order valence-corrected chi connectivity index (χ3v) is 1.97. The molecule has 0 aliphatic rings. The smallest absolute Gasteiger partial charge is 0.240 e. The zero-order valence-corrected chi connectivity index (χ0v) is 9.41. The summed E-state index contributed by atoms with van der Waals surface area (Å²) in [6, 6.07) is 5.19. The second-order valence-electron chi connectivity index (χ2n) is 3.14. The molecule has 0 unspecified atom stereocenters. The van der Waals surface area contributed by atoms with Crippen LogP contribution in [0.5, 0.6) is 5.75 Å². The summed E-state index contributed by atoms with van der Waals surface area (Å²) in [6.07, 6.45) is 3.34.